The fraction of sp³-hybridized carbons (Fsp3) is 0.0741. The number of rotatable bonds is 8. The summed E-state index contributed by atoms with van der Waals surface area (Å²) < 4.78 is 28.3. The zero-order chi connectivity index (χ0) is 28.4. The predicted molar refractivity (Wildman–Crippen MR) is 158 cm³/mol. The van der Waals surface area contributed by atoms with E-state index in [1.807, 2.05) is 25.1 Å². The summed E-state index contributed by atoms with van der Waals surface area (Å²) in [6, 6.07) is 22.9. The first kappa shape index (κ1) is 27.1. The molecule has 0 saturated heterocycles. The van der Waals surface area contributed by atoms with E-state index in [2.05, 4.69) is 10.1 Å². The number of nitro groups is 1. The molecule has 0 atom stereocenters. The smallest absolute Gasteiger partial charge is 0.269 e. The average Bonchev–Trinajstić information content (AvgIpc) is 3.60. The van der Waals surface area contributed by atoms with Gasteiger partial charge in [0.25, 0.3) is 15.9 Å². The molecule has 1 amide bonds. The SMILES string of the molecule is Cc1ccc2nc(N(/N=C/c3ccc([N+](=O)[O-])s3)C(=O)c3ccc(S(=O)(=O)N(C)c4ccccc4)cc3)sc2c1. The number of anilines is 2. The maximum absolute atomic E-state index is 13.7. The van der Waals surface area contributed by atoms with E-state index < -0.39 is 20.9 Å². The molecule has 0 aliphatic rings. The fourth-order valence-corrected chi connectivity index (χ4v) is 6.65. The first-order valence-corrected chi connectivity index (χ1v) is 14.8. The Balaban J connectivity index is 1.48. The highest BCUT2D eigenvalue weighted by Gasteiger charge is 2.24. The Morgan fingerprint density at radius 3 is 2.40 bits per heavy atom. The topological polar surface area (TPSA) is 126 Å². The van der Waals surface area contributed by atoms with Gasteiger partial charge < -0.3 is 0 Å². The van der Waals surface area contributed by atoms with E-state index in [1.165, 1.54) is 59.2 Å². The highest BCUT2D eigenvalue weighted by Crippen LogP contribution is 2.31. The number of hydrazone groups is 1. The number of benzene rings is 3. The van der Waals surface area contributed by atoms with Gasteiger partial charge in [0, 0.05) is 18.7 Å². The third kappa shape index (κ3) is 5.47. The first-order valence-electron chi connectivity index (χ1n) is 11.8. The molecule has 2 aromatic heterocycles. The van der Waals surface area contributed by atoms with Gasteiger partial charge >= 0.3 is 5.00 Å². The molecule has 13 heteroatoms. The third-order valence-corrected chi connectivity index (χ3v) is 9.64. The predicted octanol–water partition coefficient (Wildman–Crippen LogP) is 6.08. The van der Waals surface area contributed by atoms with Crippen LogP contribution in [0.15, 0.2) is 94.9 Å². The monoisotopic (exact) mass is 591 g/mol. The van der Waals surface area contributed by atoms with Gasteiger partial charge in [-0.1, -0.05) is 46.9 Å². The van der Waals surface area contributed by atoms with E-state index in [-0.39, 0.29) is 15.5 Å². The van der Waals surface area contributed by atoms with Crippen molar-refractivity contribution in [1.82, 2.24) is 4.98 Å². The van der Waals surface area contributed by atoms with E-state index in [4.69, 9.17) is 0 Å². The highest BCUT2D eigenvalue weighted by molar-refractivity contribution is 7.92. The number of amides is 1. The van der Waals surface area contributed by atoms with Crippen LogP contribution in [-0.2, 0) is 10.0 Å². The Kier molecular flexibility index (Phi) is 7.43. The molecule has 0 unspecified atom stereocenters. The number of aryl methyl sites for hydroxylation is 1. The van der Waals surface area contributed by atoms with Crippen molar-refractivity contribution in [3.8, 4) is 0 Å². The Morgan fingerprint density at radius 1 is 1.00 bits per heavy atom. The summed E-state index contributed by atoms with van der Waals surface area (Å²) in [4.78, 5) is 29.3. The largest absolute Gasteiger partial charge is 0.324 e. The molecule has 0 bridgehead atoms. The minimum absolute atomic E-state index is 0.0202. The molecule has 0 saturated carbocycles. The number of nitrogens with zero attached hydrogens (tertiary/aromatic N) is 5. The summed E-state index contributed by atoms with van der Waals surface area (Å²) in [7, 11) is -2.40. The lowest BCUT2D eigenvalue weighted by Gasteiger charge is -2.19. The van der Waals surface area contributed by atoms with Crippen LogP contribution in [0.4, 0.5) is 15.8 Å². The maximum Gasteiger partial charge on any atom is 0.324 e. The lowest BCUT2D eigenvalue weighted by atomic mass is 10.2. The van der Waals surface area contributed by atoms with Crippen molar-refractivity contribution in [3.05, 3.63) is 111 Å². The van der Waals surface area contributed by atoms with Crippen LogP contribution in [0, 0.1) is 17.0 Å². The number of hydrogen-bond donors (Lipinski definition) is 0. The van der Waals surface area contributed by atoms with Gasteiger partial charge in [0.1, 0.15) is 0 Å². The summed E-state index contributed by atoms with van der Waals surface area (Å²) >= 11 is 2.19. The van der Waals surface area contributed by atoms with Gasteiger partial charge in [0.2, 0.25) is 5.13 Å². The molecule has 3 aromatic carbocycles. The van der Waals surface area contributed by atoms with Gasteiger partial charge in [0.05, 0.1) is 36.8 Å². The molecule has 2 heterocycles. The fourth-order valence-electron chi connectivity index (χ4n) is 3.75. The third-order valence-electron chi connectivity index (χ3n) is 5.88. The molecular weight excluding hydrogens is 571 g/mol. The molecule has 10 nitrogen and oxygen atoms in total. The van der Waals surface area contributed by atoms with Crippen LogP contribution in [0.25, 0.3) is 10.2 Å². The van der Waals surface area contributed by atoms with E-state index in [1.54, 1.807) is 36.4 Å². The second-order valence-corrected chi connectivity index (χ2v) is 12.7. The number of thiophene rings is 1. The van der Waals surface area contributed by atoms with E-state index >= 15 is 0 Å². The van der Waals surface area contributed by atoms with E-state index in [0.717, 1.165) is 26.6 Å². The maximum atomic E-state index is 13.7. The van der Waals surface area contributed by atoms with Gasteiger partial charge in [-0.2, -0.15) is 10.1 Å². The van der Waals surface area contributed by atoms with Gasteiger partial charge in [0.15, 0.2) is 0 Å². The van der Waals surface area contributed by atoms with Crippen molar-refractivity contribution in [2.75, 3.05) is 16.4 Å². The Labute approximate surface area is 237 Å². The van der Waals surface area contributed by atoms with Gasteiger partial charge in [-0.25, -0.2) is 13.4 Å². The van der Waals surface area contributed by atoms with Gasteiger partial charge in [-0.15, -0.1) is 0 Å². The minimum atomic E-state index is -3.86. The van der Waals surface area contributed by atoms with Crippen molar-refractivity contribution in [2.24, 2.45) is 5.10 Å². The molecule has 40 heavy (non-hydrogen) atoms. The molecule has 0 aliphatic heterocycles. The van der Waals surface area contributed by atoms with E-state index in [0.29, 0.717) is 21.2 Å². The quantitative estimate of drug-likeness (QED) is 0.122. The molecule has 5 aromatic rings. The number of para-hydroxylation sites is 1. The Morgan fingerprint density at radius 2 is 1.73 bits per heavy atom. The molecule has 0 N–H and O–H groups in total. The standard InChI is InChI=1S/C27H21N5O5S3/c1-18-8-14-23-24(16-18)39-27(29-23)31(28-17-21-11-15-25(38-21)32(34)35)26(33)19-9-12-22(13-10-19)40(36,37)30(2)20-6-4-3-5-7-20/h3-17H,1-2H3/b28-17+. The molecule has 5 rings (SSSR count). The summed E-state index contributed by atoms with van der Waals surface area (Å²) in [6.45, 7) is 1.95. The number of sulfonamides is 1. The molecular formula is C27H21N5O5S3. The Hall–Kier alpha value is -4.46. The molecule has 202 valence electrons. The van der Waals surface area contributed by atoms with E-state index in [9.17, 15) is 23.3 Å². The van der Waals surface area contributed by atoms with Gasteiger partial charge in [-0.05, 0) is 67.1 Å². The van der Waals surface area contributed by atoms with Crippen molar-refractivity contribution < 1.29 is 18.1 Å². The van der Waals surface area contributed by atoms with Crippen LogP contribution in [0.3, 0.4) is 0 Å². The summed E-state index contributed by atoms with van der Waals surface area (Å²) in [5, 5.41) is 16.8. The molecule has 0 radical (unpaired) electrons. The van der Waals surface area contributed by atoms with Crippen molar-refractivity contribution in [1.29, 1.82) is 0 Å². The average molecular weight is 592 g/mol. The summed E-state index contributed by atoms with van der Waals surface area (Å²) in [5.74, 6) is -0.543. The number of carbonyl (C=O) groups is 1. The highest BCUT2D eigenvalue weighted by atomic mass is 32.2. The van der Waals surface area contributed by atoms with Crippen LogP contribution < -0.4 is 9.31 Å². The number of thiazole rings is 1. The number of hydrogen-bond acceptors (Lipinski definition) is 9. The molecule has 0 fully saturated rings. The van der Waals surface area contributed by atoms with Crippen LogP contribution in [0.2, 0.25) is 0 Å². The Bertz CT molecular complexity index is 1850. The lowest BCUT2D eigenvalue weighted by Crippen LogP contribution is -2.27. The van der Waals surface area contributed by atoms with Crippen molar-refractivity contribution in [3.63, 3.8) is 0 Å². The van der Waals surface area contributed by atoms with Crippen LogP contribution in [-0.4, -0.2) is 37.5 Å². The number of carbonyl (C=O) groups excluding carboxylic acids is 1. The lowest BCUT2D eigenvalue weighted by molar-refractivity contribution is -0.380. The normalized spacial score (nSPS) is 11.7. The van der Waals surface area contributed by atoms with Crippen molar-refractivity contribution in [2.45, 2.75) is 11.8 Å². The molecule has 0 aliphatic carbocycles. The van der Waals surface area contributed by atoms with Crippen LogP contribution >= 0.6 is 22.7 Å². The van der Waals surface area contributed by atoms with Crippen molar-refractivity contribution >= 4 is 70.9 Å². The minimum Gasteiger partial charge on any atom is -0.269 e. The number of fused-ring (bicyclic) bond motifs is 1. The second-order valence-electron chi connectivity index (χ2n) is 8.59. The molecule has 0 spiro atoms. The second kappa shape index (κ2) is 11.0. The van der Waals surface area contributed by atoms with Gasteiger partial charge in [-0.3, -0.25) is 19.2 Å². The number of aromatic nitrogens is 1. The summed E-state index contributed by atoms with van der Waals surface area (Å²) in [6.07, 6.45) is 1.36. The van der Waals surface area contributed by atoms with Crippen LogP contribution in [0.5, 0.6) is 0 Å². The summed E-state index contributed by atoms with van der Waals surface area (Å²) in [5.41, 5.74) is 2.41. The zero-order valence-corrected chi connectivity index (χ0v) is 23.6. The van der Waals surface area contributed by atoms with Crippen LogP contribution in [0.1, 0.15) is 20.8 Å². The zero-order valence-electron chi connectivity index (χ0n) is 21.2. The first-order chi connectivity index (χ1) is 19.1.